The first-order valence-corrected chi connectivity index (χ1v) is 9.16. The number of fused-ring (bicyclic) bond motifs is 2. The van der Waals surface area contributed by atoms with Gasteiger partial charge in [-0.15, -0.1) is 0 Å². The van der Waals surface area contributed by atoms with Crippen LogP contribution < -0.4 is 10.0 Å². The second kappa shape index (κ2) is 5.57. The highest BCUT2D eigenvalue weighted by molar-refractivity contribution is 7.92. The van der Waals surface area contributed by atoms with Gasteiger partial charge in [-0.1, -0.05) is 12.1 Å². The number of benzene rings is 1. The highest BCUT2D eigenvalue weighted by atomic mass is 32.2. The summed E-state index contributed by atoms with van der Waals surface area (Å²) in [4.78, 5) is 4.24. The Morgan fingerprint density at radius 2 is 2.08 bits per heavy atom. The molecule has 3 heterocycles. The van der Waals surface area contributed by atoms with Crippen LogP contribution in [0.3, 0.4) is 0 Å². The van der Waals surface area contributed by atoms with Gasteiger partial charge >= 0.3 is 0 Å². The Labute approximate surface area is 139 Å². The number of nitrogens with zero attached hydrogens (tertiary/aromatic N) is 3. The molecule has 1 aromatic carbocycles. The van der Waals surface area contributed by atoms with Crippen molar-refractivity contribution < 1.29 is 8.42 Å². The lowest BCUT2D eigenvalue weighted by molar-refractivity contribution is 0.583. The number of aromatic nitrogens is 3. The smallest absolute Gasteiger partial charge is 0.280 e. The fourth-order valence-corrected chi connectivity index (χ4v) is 4.48. The van der Waals surface area contributed by atoms with E-state index in [0.717, 1.165) is 24.1 Å². The molecule has 8 heteroatoms. The predicted octanol–water partition coefficient (Wildman–Crippen LogP) is 1.41. The Morgan fingerprint density at radius 3 is 2.96 bits per heavy atom. The first-order chi connectivity index (χ1) is 11.6. The highest BCUT2D eigenvalue weighted by Crippen LogP contribution is 2.26. The number of rotatable bonds is 3. The molecule has 2 aromatic heterocycles. The van der Waals surface area contributed by atoms with Gasteiger partial charge in [-0.25, -0.2) is 4.98 Å². The van der Waals surface area contributed by atoms with Gasteiger partial charge in [0.15, 0.2) is 5.03 Å². The molecule has 1 aliphatic heterocycles. The van der Waals surface area contributed by atoms with E-state index >= 15 is 0 Å². The molecule has 0 amide bonds. The Hall–Kier alpha value is -2.45. The standard InChI is InChI=1S/C16H17N5O2S/c1-21-16(12-4-2-3-5-14(12)19-21)24(22,23)20-15-13-10-17-8-6-11(13)7-9-18-15/h2-5,7,9,17H,6,8,10H2,1H3,(H,18,20). The van der Waals surface area contributed by atoms with Gasteiger partial charge in [0.2, 0.25) is 0 Å². The van der Waals surface area contributed by atoms with E-state index < -0.39 is 10.0 Å². The molecule has 0 atom stereocenters. The van der Waals surface area contributed by atoms with Crippen molar-refractivity contribution in [2.24, 2.45) is 7.05 Å². The van der Waals surface area contributed by atoms with Crippen molar-refractivity contribution in [1.29, 1.82) is 0 Å². The first-order valence-electron chi connectivity index (χ1n) is 7.68. The summed E-state index contributed by atoms with van der Waals surface area (Å²) in [5.41, 5.74) is 2.67. The van der Waals surface area contributed by atoms with Gasteiger partial charge < -0.3 is 5.32 Å². The normalized spacial score (nSPS) is 14.5. The molecule has 7 nitrogen and oxygen atoms in total. The van der Waals surface area contributed by atoms with Crippen molar-refractivity contribution in [1.82, 2.24) is 20.1 Å². The number of nitrogens with one attached hydrogen (secondary N) is 2. The third kappa shape index (κ3) is 2.44. The van der Waals surface area contributed by atoms with Crippen LogP contribution in [-0.4, -0.2) is 29.7 Å². The fraction of sp³-hybridized carbons (Fsp3) is 0.250. The molecule has 3 aromatic rings. The lowest BCUT2D eigenvalue weighted by Gasteiger charge is -2.20. The molecule has 2 N–H and O–H groups in total. The molecule has 0 unspecified atom stereocenters. The van der Waals surface area contributed by atoms with Gasteiger partial charge in [-0.05, 0) is 36.7 Å². The van der Waals surface area contributed by atoms with Gasteiger partial charge in [0.1, 0.15) is 5.82 Å². The number of hydrogen-bond acceptors (Lipinski definition) is 5. The minimum absolute atomic E-state index is 0.140. The monoisotopic (exact) mass is 343 g/mol. The summed E-state index contributed by atoms with van der Waals surface area (Å²) in [5.74, 6) is 0.380. The molecule has 0 radical (unpaired) electrons. The van der Waals surface area contributed by atoms with Crippen molar-refractivity contribution in [2.45, 2.75) is 18.0 Å². The molecule has 0 aliphatic carbocycles. The van der Waals surface area contributed by atoms with Crippen LogP contribution in [0.1, 0.15) is 11.1 Å². The minimum atomic E-state index is -3.80. The molecule has 124 valence electrons. The van der Waals surface area contributed by atoms with E-state index in [1.54, 1.807) is 31.4 Å². The summed E-state index contributed by atoms with van der Waals surface area (Å²) in [6, 6.07) is 9.12. The number of aryl methyl sites for hydroxylation is 1. The molecule has 0 bridgehead atoms. The predicted molar refractivity (Wildman–Crippen MR) is 91.2 cm³/mol. The molecule has 4 rings (SSSR count). The quantitative estimate of drug-likeness (QED) is 0.751. The summed E-state index contributed by atoms with van der Waals surface area (Å²) >= 11 is 0. The maximum Gasteiger partial charge on any atom is 0.280 e. The second-order valence-electron chi connectivity index (χ2n) is 5.78. The Balaban J connectivity index is 1.80. The van der Waals surface area contributed by atoms with Crippen LogP contribution in [0.25, 0.3) is 10.9 Å². The Kier molecular flexibility index (Phi) is 3.50. The molecule has 1 aliphatic rings. The van der Waals surface area contributed by atoms with E-state index in [0.29, 0.717) is 23.3 Å². The maximum atomic E-state index is 13.0. The van der Waals surface area contributed by atoms with Gasteiger partial charge in [0, 0.05) is 30.7 Å². The van der Waals surface area contributed by atoms with Crippen LogP contribution in [0.2, 0.25) is 0 Å². The molecular formula is C16H17N5O2S. The van der Waals surface area contributed by atoms with Gasteiger partial charge in [-0.2, -0.15) is 13.5 Å². The van der Waals surface area contributed by atoms with Gasteiger partial charge in [0.25, 0.3) is 10.0 Å². The molecule has 0 saturated heterocycles. The average Bonchev–Trinajstić information content (AvgIpc) is 2.91. The molecule has 24 heavy (non-hydrogen) atoms. The van der Waals surface area contributed by atoms with Crippen LogP contribution in [0.15, 0.2) is 41.6 Å². The molecule has 0 spiro atoms. The van der Waals surface area contributed by atoms with Crippen LogP contribution >= 0.6 is 0 Å². The van der Waals surface area contributed by atoms with Gasteiger partial charge in [0.05, 0.1) is 5.52 Å². The van der Waals surface area contributed by atoms with Crippen LogP contribution in [0, 0.1) is 0 Å². The molecule has 0 saturated carbocycles. The summed E-state index contributed by atoms with van der Waals surface area (Å²) < 4.78 is 29.9. The Bertz CT molecular complexity index is 1030. The van der Waals surface area contributed by atoms with Crippen LogP contribution in [-0.2, 0) is 30.0 Å². The highest BCUT2D eigenvalue weighted by Gasteiger charge is 2.25. The van der Waals surface area contributed by atoms with Crippen molar-refractivity contribution in [3.8, 4) is 0 Å². The van der Waals surface area contributed by atoms with Crippen LogP contribution in [0.4, 0.5) is 5.82 Å². The molecule has 0 fully saturated rings. The summed E-state index contributed by atoms with van der Waals surface area (Å²) in [6.45, 7) is 1.49. The van der Waals surface area contributed by atoms with Gasteiger partial charge in [-0.3, -0.25) is 9.40 Å². The SMILES string of the molecule is Cn1nc2ccccc2c1S(=O)(=O)Nc1nccc2c1CNCC2. The zero-order chi connectivity index (χ0) is 16.7. The van der Waals surface area contributed by atoms with E-state index in [1.165, 1.54) is 4.68 Å². The average molecular weight is 343 g/mol. The summed E-state index contributed by atoms with van der Waals surface area (Å²) in [7, 11) is -2.17. The second-order valence-corrected chi connectivity index (χ2v) is 7.37. The van der Waals surface area contributed by atoms with Crippen molar-refractivity contribution in [3.05, 3.63) is 47.7 Å². The third-order valence-corrected chi connectivity index (χ3v) is 5.65. The summed E-state index contributed by atoms with van der Waals surface area (Å²) in [5, 5.41) is 8.26. The number of sulfonamides is 1. The zero-order valence-electron chi connectivity index (χ0n) is 13.2. The van der Waals surface area contributed by atoms with Crippen LogP contribution in [0.5, 0.6) is 0 Å². The first kappa shape index (κ1) is 15.1. The number of hydrogen-bond donors (Lipinski definition) is 2. The van der Waals surface area contributed by atoms with Crippen molar-refractivity contribution in [2.75, 3.05) is 11.3 Å². The topological polar surface area (TPSA) is 88.9 Å². The molecular weight excluding hydrogens is 326 g/mol. The third-order valence-electron chi connectivity index (χ3n) is 4.20. The van der Waals surface area contributed by atoms with E-state index in [1.807, 2.05) is 12.1 Å². The maximum absolute atomic E-state index is 13.0. The van der Waals surface area contributed by atoms with Crippen molar-refractivity contribution in [3.63, 3.8) is 0 Å². The summed E-state index contributed by atoms with van der Waals surface area (Å²) in [6.07, 6.45) is 2.50. The minimum Gasteiger partial charge on any atom is -0.312 e. The fourth-order valence-electron chi connectivity index (χ4n) is 3.11. The number of pyridine rings is 1. The lowest BCUT2D eigenvalue weighted by Crippen LogP contribution is -2.26. The number of anilines is 1. The largest absolute Gasteiger partial charge is 0.312 e. The van der Waals surface area contributed by atoms with E-state index in [4.69, 9.17) is 0 Å². The van der Waals surface area contributed by atoms with E-state index in [2.05, 4.69) is 20.1 Å². The van der Waals surface area contributed by atoms with Crippen molar-refractivity contribution >= 4 is 26.7 Å². The lowest BCUT2D eigenvalue weighted by atomic mass is 10.0. The Morgan fingerprint density at radius 1 is 1.25 bits per heavy atom. The van der Waals surface area contributed by atoms with E-state index in [9.17, 15) is 8.42 Å². The zero-order valence-corrected chi connectivity index (χ0v) is 14.0. The van der Waals surface area contributed by atoms with E-state index in [-0.39, 0.29) is 5.03 Å².